The third kappa shape index (κ3) is 3.98. The van der Waals surface area contributed by atoms with Crippen LogP contribution in [0.4, 0.5) is 4.39 Å². The van der Waals surface area contributed by atoms with Gasteiger partial charge in [0.15, 0.2) is 5.03 Å². The fraction of sp³-hybridized carbons (Fsp3) is 0.320. The lowest BCUT2D eigenvalue weighted by Crippen LogP contribution is -2.38. The van der Waals surface area contributed by atoms with E-state index in [2.05, 4.69) is 28.6 Å². The second-order valence-electron chi connectivity index (χ2n) is 8.79. The molecule has 0 spiro atoms. The summed E-state index contributed by atoms with van der Waals surface area (Å²) in [7, 11) is -1.81. The predicted molar refractivity (Wildman–Crippen MR) is 126 cm³/mol. The van der Waals surface area contributed by atoms with Crippen LogP contribution in [0.15, 0.2) is 66.1 Å². The Hall–Kier alpha value is -2.97. The van der Waals surface area contributed by atoms with Crippen molar-refractivity contribution in [3.05, 3.63) is 83.7 Å². The molecule has 0 saturated carbocycles. The average molecular weight is 467 g/mol. The molecule has 3 heterocycles. The molecule has 33 heavy (non-hydrogen) atoms. The summed E-state index contributed by atoms with van der Waals surface area (Å²) < 4.78 is 45.2. The molecule has 1 aliphatic heterocycles. The van der Waals surface area contributed by atoms with Gasteiger partial charge in [0, 0.05) is 49.5 Å². The van der Waals surface area contributed by atoms with Gasteiger partial charge in [0.25, 0.3) is 10.0 Å². The molecule has 6 nitrogen and oxygen atoms in total. The molecule has 4 aromatic rings. The van der Waals surface area contributed by atoms with Crippen molar-refractivity contribution >= 4 is 20.9 Å². The zero-order chi connectivity index (χ0) is 23.2. The van der Waals surface area contributed by atoms with Crippen LogP contribution >= 0.6 is 0 Å². The SMILES string of the molecule is Cc1c(C2CCN(S(=O)(=O)c3cn(C)cn3)CC2)c2ccccc2n1Cc1cccc(F)c1. The van der Waals surface area contributed by atoms with Gasteiger partial charge in [0.2, 0.25) is 0 Å². The molecule has 1 fully saturated rings. The van der Waals surface area contributed by atoms with Gasteiger partial charge in [0.1, 0.15) is 5.82 Å². The van der Waals surface area contributed by atoms with Crippen molar-refractivity contribution in [2.45, 2.75) is 37.3 Å². The van der Waals surface area contributed by atoms with Crippen LogP contribution in [0.25, 0.3) is 10.9 Å². The first-order chi connectivity index (χ1) is 15.8. The number of fused-ring (bicyclic) bond motifs is 1. The summed E-state index contributed by atoms with van der Waals surface area (Å²) in [6.45, 7) is 3.64. The van der Waals surface area contributed by atoms with Crippen LogP contribution in [0.5, 0.6) is 0 Å². The van der Waals surface area contributed by atoms with Crippen LogP contribution in [0.1, 0.15) is 35.6 Å². The van der Waals surface area contributed by atoms with Gasteiger partial charge in [0.05, 0.1) is 6.33 Å². The molecule has 0 amide bonds. The first kappa shape index (κ1) is 21.9. The van der Waals surface area contributed by atoms with E-state index in [9.17, 15) is 12.8 Å². The fourth-order valence-electron chi connectivity index (χ4n) is 5.03. The molecule has 0 N–H and O–H groups in total. The van der Waals surface area contributed by atoms with E-state index in [-0.39, 0.29) is 16.8 Å². The second kappa shape index (κ2) is 8.43. The highest BCUT2D eigenvalue weighted by atomic mass is 32.2. The molecule has 0 bridgehead atoms. The van der Waals surface area contributed by atoms with Crippen molar-refractivity contribution in [3.8, 4) is 0 Å². The Labute approximate surface area is 193 Å². The molecular weight excluding hydrogens is 439 g/mol. The Bertz CT molecular complexity index is 1420. The Morgan fingerprint density at radius 1 is 1.09 bits per heavy atom. The highest BCUT2D eigenvalue weighted by molar-refractivity contribution is 7.89. The van der Waals surface area contributed by atoms with E-state index < -0.39 is 10.0 Å². The summed E-state index contributed by atoms with van der Waals surface area (Å²) in [6, 6.07) is 15.0. The first-order valence-corrected chi connectivity index (χ1v) is 12.6. The molecule has 5 rings (SSSR count). The van der Waals surface area contributed by atoms with Crippen molar-refractivity contribution in [2.24, 2.45) is 7.05 Å². The van der Waals surface area contributed by atoms with Crippen LogP contribution in [0.2, 0.25) is 0 Å². The number of imidazole rings is 1. The smallest absolute Gasteiger partial charge is 0.262 e. The van der Waals surface area contributed by atoms with Crippen LogP contribution in [-0.4, -0.2) is 39.9 Å². The number of aromatic nitrogens is 3. The van der Waals surface area contributed by atoms with Gasteiger partial charge in [-0.1, -0.05) is 30.3 Å². The highest BCUT2D eigenvalue weighted by Gasteiger charge is 2.33. The summed E-state index contributed by atoms with van der Waals surface area (Å²) in [6.07, 6.45) is 4.56. The molecule has 2 aromatic carbocycles. The van der Waals surface area contributed by atoms with Crippen LogP contribution in [-0.2, 0) is 23.6 Å². The number of aryl methyl sites for hydroxylation is 1. The second-order valence-corrected chi connectivity index (χ2v) is 10.7. The van der Waals surface area contributed by atoms with Crippen molar-refractivity contribution in [1.82, 2.24) is 18.4 Å². The third-order valence-corrected chi connectivity index (χ3v) is 8.44. The number of rotatable bonds is 5. The predicted octanol–water partition coefficient (Wildman–Crippen LogP) is 4.44. The van der Waals surface area contributed by atoms with Gasteiger partial charge < -0.3 is 9.13 Å². The lowest BCUT2D eigenvalue weighted by Gasteiger charge is -2.31. The van der Waals surface area contributed by atoms with Gasteiger partial charge in [-0.05, 0) is 55.0 Å². The molecular formula is C25H27FN4O2S. The maximum atomic E-state index is 13.8. The van der Waals surface area contributed by atoms with E-state index in [1.807, 2.05) is 18.2 Å². The van der Waals surface area contributed by atoms with Crippen LogP contribution < -0.4 is 0 Å². The normalized spacial score (nSPS) is 16.0. The van der Waals surface area contributed by atoms with Gasteiger partial charge in [-0.2, -0.15) is 4.31 Å². The largest absolute Gasteiger partial charge is 0.340 e. The van der Waals surface area contributed by atoms with Crippen molar-refractivity contribution in [3.63, 3.8) is 0 Å². The highest BCUT2D eigenvalue weighted by Crippen LogP contribution is 2.38. The zero-order valence-corrected chi connectivity index (χ0v) is 19.6. The standard InChI is InChI=1S/C25H27FN4O2S/c1-18-25(20-10-12-29(13-11-20)33(31,32)24-16-28(2)17-27-24)22-8-3-4-9-23(22)30(18)15-19-6-5-7-21(26)14-19/h3-9,14,16-17,20H,10-13,15H2,1-2H3. The number of benzene rings is 2. The maximum Gasteiger partial charge on any atom is 0.262 e. The summed E-state index contributed by atoms with van der Waals surface area (Å²) in [5, 5.41) is 1.30. The number of piperidine rings is 1. The number of hydrogen-bond donors (Lipinski definition) is 0. The summed E-state index contributed by atoms with van der Waals surface area (Å²) in [4.78, 5) is 4.05. The summed E-state index contributed by atoms with van der Waals surface area (Å²) in [5.41, 5.74) is 4.47. The average Bonchev–Trinajstić information content (AvgIpc) is 3.36. The van der Waals surface area contributed by atoms with Crippen molar-refractivity contribution in [1.29, 1.82) is 0 Å². The van der Waals surface area contributed by atoms with Gasteiger partial charge in [-0.3, -0.25) is 0 Å². The maximum absolute atomic E-state index is 13.8. The molecule has 0 aliphatic carbocycles. The molecule has 1 saturated heterocycles. The quantitative estimate of drug-likeness (QED) is 0.437. The number of nitrogens with zero attached hydrogens (tertiary/aromatic N) is 4. The topological polar surface area (TPSA) is 60.1 Å². The molecule has 0 atom stereocenters. The Morgan fingerprint density at radius 2 is 1.85 bits per heavy atom. The molecule has 2 aromatic heterocycles. The number of sulfonamides is 1. The molecule has 1 aliphatic rings. The van der Waals surface area contributed by atoms with E-state index in [1.165, 1.54) is 23.3 Å². The molecule has 172 valence electrons. The molecule has 8 heteroatoms. The lowest BCUT2D eigenvalue weighted by molar-refractivity contribution is 0.319. The minimum atomic E-state index is -3.58. The Kier molecular flexibility index (Phi) is 5.58. The summed E-state index contributed by atoms with van der Waals surface area (Å²) >= 11 is 0. The zero-order valence-electron chi connectivity index (χ0n) is 18.8. The molecule has 0 radical (unpaired) electrons. The van der Waals surface area contributed by atoms with Gasteiger partial charge >= 0.3 is 0 Å². The monoisotopic (exact) mass is 466 g/mol. The summed E-state index contributed by atoms with van der Waals surface area (Å²) in [5.74, 6) is 0.0298. The minimum absolute atomic E-state index is 0.103. The van der Waals surface area contributed by atoms with E-state index in [0.29, 0.717) is 19.6 Å². The minimum Gasteiger partial charge on any atom is -0.340 e. The third-order valence-electron chi connectivity index (χ3n) is 6.66. The van der Waals surface area contributed by atoms with Crippen molar-refractivity contribution in [2.75, 3.05) is 13.1 Å². The van der Waals surface area contributed by atoms with E-state index in [1.54, 1.807) is 34.2 Å². The first-order valence-electron chi connectivity index (χ1n) is 11.1. The van der Waals surface area contributed by atoms with Crippen LogP contribution in [0.3, 0.4) is 0 Å². The molecule has 0 unspecified atom stereocenters. The number of para-hydroxylation sites is 1. The van der Waals surface area contributed by atoms with E-state index >= 15 is 0 Å². The van der Waals surface area contributed by atoms with E-state index in [0.717, 1.165) is 29.6 Å². The number of hydrogen-bond acceptors (Lipinski definition) is 3. The van der Waals surface area contributed by atoms with Gasteiger partial charge in [-0.25, -0.2) is 17.8 Å². The Balaban J connectivity index is 1.43. The Morgan fingerprint density at radius 3 is 2.55 bits per heavy atom. The van der Waals surface area contributed by atoms with Crippen LogP contribution in [0, 0.1) is 12.7 Å². The number of halogens is 1. The van der Waals surface area contributed by atoms with Crippen molar-refractivity contribution < 1.29 is 12.8 Å². The van der Waals surface area contributed by atoms with E-state index in [4.69, 9.17) is 0 Å². The lowest BCUT2D eigenvalue weighted by atomic mass is 9.88. The van der Waals surface area contributed by atoms with Gasteiger partial charge in [-0.15, -0.1) is 0 Å². The fourth-order valence-corrected chi connectivity index (χ4v) is 6.47.